The summed E-state index contributed by atoms with van der Waals surface area (Å²) in [6.45, 7) is 2.30. The van der Waals surface area contributed by atoms with Crippen LogP contribution in [0.15, 0.2) is 52.5 Å². The van der Waals surface area contributed by atoms with Gasteiger partial charge >= 0.3 is 6.18 Å². The van der Waals surface area contributed by atoms with E-state index < -0.39 is 22.4 Å². The molecule has 0 saturated heterocycles. The summed E-state index contributed by atoms with van der Waals surface area (Å²) in [6.07, 6.45) is -4.67. The van der Waals surface area contributed by atoms with Gasteiger partial charge in [0.1, 0.15) is 0 Å². The monoisotopic (exact) mass is 428 g/mol. The molecule has 0 aliphatic heterocycles. The van der Waals surface area contributed by atoms with Crippen LogP contribution in [0.3, 0.4) is 0 Å². The second-order valence-electron chi connectivity index (χ2n) is 5.60. The van der Waals surface area contributed by atoms with Crippen molar-refractivity contribution in [1.29, 1.82) is 0 Å². The third kappa shape index (κ3) is 4.12. The van der Waals surface area contributed by atoms with Crippen LogP contribution in [0.5, 0.6) is 0 Å². The third-order valence-electron chi connectivity index (χ3n) is 3.82. The summed E-state index contributed by atoms with van der Waals surface area (Å²) in [7, 11) is 0. The zero-order valence-corrected chi connectivity index (χ0v) is 15.8. The maximum Gasteiger partial charge on any atom is 0.416 e. The first kappa shape index (κ1) is 20.2. The molecule has 3 aromatic rings. The van der Waals surface area contributed by atoms with Gasteiger partial charge in [-0.15, -0.1) is 10.2 Å². The van der Waals surface area contributed by atoms with Crippen LogP contribution in [0, 0.1) is 10.1 Å². The SMILES string of the molecule is CCn1c(Sc2ccc(C(F)(F)F)cc2[N+](=O)[O-])nnc1-c1ccc(Cl)cc1. The summed E-state index contributed by atoms with van der Waals surface area (Å²) in [4.78, 5) is 10.5. The van der Waals surface area contributed by atoms with E-state index in [1.54, 1.807) is 28.8 Å². The highest BCUT2D eigenvalue weighted by Crippen LogP contribution is 2.39. The van der Waals surface area contributed by atoms with E-state index in [0.717, 1.165) is 29.5 Å². The molecular formula is C17H12ClF3N4O2S. The molecule has 0 amide bonds. The van der Waals surface area contributed by atoms with Gasteiger partial charge in [0.25, 0.3) is 5.69 Å². The molecule has 0 aliphatic carbocycles. The molecule has 0 unspecified atom stereocenters. The molecule has 0 fully saturated rings. The van der Waals surface area contributed by atoms with Gasteiger partial charge in [0, 0.05) is 23.2 Å². The fourth-order valence-corrected chi connectivity index (χ4v) is 3.59. The van der Waals surface area contributed by atoms with E-state index in [-0.39, 0.29) is 4.90 Å². The minimum Gasteiger partial charge on any atom is -0.302 e. The van der Waals surface area contributed by atoms with E-state index in [4.69, 9.17) is 11.6 Å². The first-order valence-electron chi connectivity index (χ1n) is 7.93. The van der Waals surface area contributed by atoms with Gasteiger partial charge in [-0.05, 0) is 55.1 Å². The number of hydrogen-bond donors (Lipinski definition) is 0. The van der Waals surface area contributed by atoms with E-state index >= 15 is 0 Å². The van der Waals surface area contributed by atoms with Crippen molar-refractivity contribution in [3.8, 4) is 11.4 Å². The highest BCUT2D eigenvalue weighted by Gasteiger charge is 2.33. The van der Waals surface area contributed by atoms with Gasteiger partial charge in [0.15, 0.2) is 11.0 Å². The molecule has 0 spiro atoms. The van der Waals surface area contributed by atoms with E-state index in [1.165, 1.54) is 0 Å². The lowest BCUT2D eigenvalue weighted by Gasteiger charge is -2.10. The predicted molar refractivity (Wildman–Crippen MR) is 98.4 cm³/mol. The van der Waals surface area contributed by atoms with Gasteiger partial charge in [-0.1, -0.05) is 11.6 Å². The summed E-state index contributed by atoms with van der Waals surface area (Å²) in [5, 5.41) is 20.3. The maximum absolute atomic E-state index is 12.9. The van der Waals surface area contributed by atoms with E-state index in [2.05, 4.69) is 10.2 Å². The topological polar surface area (TPSA) is 73.8 Å². The maximum atomic E-state index is 12.9. The number of aromatic nitrogens is 3. The summed E-state index contributed by atoms with van der Waals surface area (Å²) in [6, 6.07) is 9.30. The first-order valence-corrected chi connectivity index (χ1v) is 9.12. The van der Waals surface area contributed by atoms with Crippen LogP contribution in [-0.2, 0) is 12.7 Å². The van der Waals surface area contributed by atoms with Crippen LogP contribution in [0.2, 0.25) is 5.02 Å². The molecule has 0 atom stereocenters. The van der Waals surface area contributed by atoms with Crippen LogP contribution >= 0.6 is 23.4 Å². The zero-order valence-electron chi connectivity index (χ0n) is 14.3. The third-order valence-corrected chi connectivity index (χ3v) is 5.12. The van der Waals surface area contributed by atoms with Crippen LogP contribution in [0.25, 0.3) is 11.4 Å². The molecular weight excluding hydrogens is 417 g/mol. The Morgan fingerprint density at radius 1 is 1.18 bits per heavy atom. The standard InChI is InChI=1S/C17H12ClF3N4O2S/c1-2-24-15(10-3-6-12(18)7-4-10)22-23-16(24)28-14-8-5-11(17(19,20)21)9-13(14)25(26)27/h3-9H,2H2,1H3. The Balaban J connectivity index is 2.00. The van der Waals surface area contributed by atoms with Gasteiger partial charge < -0.3 is 4.57 Å². The van der Waals surface area contributed by atoms with E-state index in [1.807, 2.05) is 6.92 Å². The molecule has 28 heavy (non-hydrogen) atoms. The smallest absolute Gasteiger partial charge is 0.302 e. The quantitative estimate of drug-likeness (QED) is 0.385. The Labute approximate surface area is 166 Å². The van der Waals surface area contributed by atoms with Gasteiger partial charge in [-0.25, -0.2) is 0 Å². The van der Waals surface area contributed by atoms with Crippen molar-refractivity contribution in [2.24, 2.45) is 0 Å². The number of nitro benzene ring substituents is 1. The lowest BCUT2D eigenvalue weighted by molar-refractivity contribution is -0.388. The van der Waals surface area contributed by atoms with Gasteiger partial charge in [-0.3, -0.25) is 10.1 Å². The van der Waals surface area contributed by atoms with Crippen molar-refractivity contribution in [2.75, 3.05) is 0 Å². The Hall–Kier alpha value is -2.59. The fraction of sp³-hybridized carbons (Fsp3) is 0.176. The number of rotatable bonds is 5. The van der Waals surface area contributed by atoms with Gasteiger partial charge in [-0.2, -0.15) is 13.2 Å². The summed E-state index contributed by atoms with van der Waals surface area (Å²) in [5.41, 5.74) is -0.978. The molecule has 1 heterocycles. The lowest BCUT2D eigenvalue weighted by Crippen LogP contribution is -2.06. The Morgan fingerprint density at radius 3 is 2.43 bits per heavy atom. The largest absolute Gasteiger partial charge is 0.416 e. The molecule has 146 valence electrons. The molecule has 0 saturated carbocycles. The molecule has 11 heteroatoms. The van der Waals surface area contributed by atoms with Crippen molar-refractivity contribution in [1.82, 2.24) is 14.8 Å². The highest BCUT2D eigenvalue weighted by atomic mass is 35.5. The van der Waals surface area contributed by atoms with Gasteiger partial charge in [0.2, 0.25) is 0 Å². The number of benzene rings is 2. The Morgan fingerprint density at radius 2 is 1.86 bits per heavy atom. The Kier molecular flexibility index (Phi) is 5.61. The minimum absolute atomic E-state index is 0.0442. The summed E-state index contributed by atoms with van der Waals surface area (Å²) < 4.78 is 40.3. The molecule has 2 aromatic carbocycles. The number of alkyl halides is 3. The van der Waals surface area contributed by atoms with Crippen molar-refractivity contribution in [3.63, 3.8) is 0 Å². The summed E-state index contributed by atoms with van der Waals surface area (Å²) in [5.74, 6) is 0.524. The van der Waals surface area contributed by atoms with Crippen LogP contribution in [0.4, 0.5) is 18.9 Å². The molecule has 0 bridgehead atoms. The van der Waals surface area contributed by atoms with Crippen molar-refractivity contribution in [3.05, 3.63) is 63.2 Å². The van der Waals surface area contributed by atoms with Crippen molar-refractivity contribution in [2.45, 2.75) is 29.7 Å². The van der Waals surface area contributed by atoms with Crippen LogP contribution in [-0.4, -0.2) is 19.7 Å². The molecule has 6 nitrogen and oxygen atoms in total. The lowest BCUT2D eigenvalue weighted by atomic mass is 10.2. The zero-order chi connectivity index (χ0) is 20.5. The Bertz CT molecular complexity index is 1020. The number of halogens is 4. The van der Waals surface area contributed by atoms with Crippen molar-refractivity contribution < 1.29 is 18.1 Å². The predicted octanol–water partition coefficient (Wildman–Crippen LogP) is 5.70. The van der Waals surface area contributed by atoms with Crippen LogP contribution < -0.4 is 0 Å². The molecule has 3 rings (SSSR count). The molecule has 1 aromatic heterocycles. The van der Waals surface area contributed by atoms with Crippen LogP contribution in [0.1, 0.15) is 12.5 Å². The first-order chi connectivity index (χ1) is 13.2. The average Bonchev–Trinajstić information content (AvgIpc) is 3.04. The number of nitrogens with zero attached hydrogens (tertiary/aromatic N) is 4. The average molecular weight is 429 g/mol. The summed E-state index contributed by atoms with van der Waals surface area (Å²) >= 11 is 6.77. The van der Waals surface area contributed by atoms with Crippen molar-refractivity contribution >= 4 is 29.1 Å². The fourth-order valence-electron chi connectivity index (χ4n) is 2.48. The second kappa shape index (κ2) is 7.80. The second-order valence-corrected chi connectivity index (χ2v) is 7.04. The highest BCUT2D eigenvalue weighted by molar-refractivity contribution is 7.99. The molecule has 0 radical (unpaired) electrons. The molecule has 0 N–H and O–H groups in total. The van der Waals surface area contributed by atoms with E-state index in [9.17, 15) is 23.3 Å². The minimum atomic E-state index is -4.67. The number of nitro groups is 1. The van der Waals surface area contributed by atoms with Gasteiger partial charge in [0.05, 0.1) is 15.4 Å². The van der Waals surface area contributed by atoms with E-state index in [0.29, 0.717) is 28.6 Å². The normalized spacial score (nSPS) is 11.6. The molecule has 0 aliphatic rings. The number of hydrogen-bond acceptors (Lipinski definition) is 5.